The fraction of sp³-hybridized carbons (Fsp3) is 0. The molecule has 43 heavy (non-hydrogen) atoms. The van der Waals surface area contributed by atoms with Gasteiger partial charge in [0.1, 0.15) is 0 Å². The van der Waals surface area contributed by atoms with E-state index in [0.717, 1.165) is 17.1 Å². The molecule has 0 atom stereocenters. The van der Waals surface area contributed by atoms with Crippen molar-refractivity contribution in [1.82, 2.24) is 4.57 Å². The van der Waals surface area contributed by atoms with Crippen molar-refractivity contribution in [3.05, 3.63) is 158 Å². The summed E-state index contributed by atoms with van der Waals surface area (Å²) in [4.78, 5) is 2.38. The van der Waals surface area contributed by atoms with Gasteiger partial charge in [0.25, 0.3) is 0 Å². The Morgan fingerprint density at radius 3 is 1.93 bits per heavy atom. The third-order valence-corrected chi connectivity index (χ3v) is 9.76. The Labute approximate surface area is 253 Å². The van der Waals surface area contributed by atoms with Crippen LogP contribution < -0.4 is 4.90 Å². The van der Waals surface area contributed by atoms with Crippen molar-refractivity contribution >= 4 is 81.1 Å². The summed E-state index contributed by atoms with van der Waals surface area (Å²) < 4.78 is 5.06. The van der Waals surface area contributed by atoms with Gasteiger partial charge in [0.05, 0.1) is 11.0 Å². The molecule has 3 heteroatoms. The molecule has 0 bridgehead atoms. The van der Waals surface area contributed by atoms with Crippen LogP contribution in [0.2, 0.25) is 0 Å². The molecule has 9 aromatic rings. The Bertz CT molecular complexity index is 2450. The Kier molecular flexibility index (Phi) is 5.40. The minimum Gasteiger partial charge on any atom is -0.310 e. The number of thiophene rings is 1. The maximum absolute atomic E-state index is 2.38. The van der Waals surface area contributed by atoms with Crippen LogP contribution >= 0.6 is 11.3 Å². The molecule has 0 saturated heterocycles. The van der Waals surface area contributed by atoms with E-state index in [4.69, 9.17) is 0 Å². The third kappa shape index (κ3) is 3.79. The second kappa shape index (κ2) is 9.59. The van der Waals surface area contributed by atoms with E-state index < -0.39 is 0 Å². The third-order valence-electron chi connectivity index (χ3n) is 8.54. The van der Waals surface area contributed by atoms with Crippen molar-refractivity contribution in [2.24, 2.45) is 0 Å². The van der Waals surface area contributed by atoms with Gasteiger partial charge in [-0.05, 0) is 77.5 Å². The predicted octanol–water partition coefficient (Wildman–Crippen LogP) is 11.8. The van der Waals surface area contributed by atoms with Crippen molar-refractivity contribution < 1.29 is 0 Å². The maximum atomic E-state index is 2.38. The number of hydrogen-bond donors (Lipinski definition) is 0. The minimum absolute atomic E-state index is 1.14. The lowest BCUT2D eigenvalue weighted by atomic mass is 10.0. The van der Waals surface area contributed by atoms with Crippen LogP contribution in [-0.2, 0) is 0 Å². The van der Waals surface area contributed by atoms with E-state index in [0.29, 0.717) is 0 Å². The average molecular weight is 567 g/mol. The Morgan fingerprint density at radius 1 is 0.419 bits per heavy atom. The van der Waals surface area contributed by atoms with Crippen LogP contribution in [0, 0.1) is 0 Å². The Balaban J connectivity index is 1.26. The lowest BCUT2D eigenvalue weighted by molar-refractivity contribution is 1.18. The van der Waals surface area contributed by atoms with Gasteiger partial charge in [-0.15, -0.1) is 11.3 Å². The number of hydrogen-bond acceptors (Lipinski definition) is 2. The van der Waals surface area contributed by atoms with Crippen LogP contribution in [0.1, 0.15) is 0 Å². The first-order valence-electron chi connectivity index (χ1n) is 14.6. The van der Waals surface area contributed by atoms with Gasteiger partial charge in [0.2, 0.25) is 0 Å². The van der Waals surface area contributed by atoms with Crippen LogP contribution in [0.4, 0.5) is 17.1 Å². The molecule has 0 aliphatic rings. The van der Waals surface area contributed by atoms with Crippen molar-refractivity contribution in [2.45, 2.75) is 0 Å². The molecule has 2 nitrogen and oxygen atoms in total. The molecule has 0 radical (unpaired) electrons. The normalized spacial score (nSPS) is 11.7. The number of para-hydroxylation sites is 3. The summed E-state index contributed by atoms with van der Waals surface area (Å²) >= 11 is 1.89. The summed E-state index contributed by atoms with van der Waals surface area (Å²) in [6.07, 6.45) is 0. The molecule has 9 rings (SSSR count). The lowest BCUT2D eigenvalue weighted by Crippen LogP contribution is -2.09. The van der Waals surface area contributed by atoms with E-state index in [9.17, 15) is 0 Å². The zero-order valence-corrected chi connectivity index (χ0v) is 24.1. The summed E-state index contributed by atoms with van der Waals surface area (Å²) in [5.41, 5.74) is 7.00. The summed E-state index contributed by atoms with van der Waals surface area (Å²) in [6.45, 7) is 0. The first-order valence-corrected chi connectivity index (χ1v) is 15.4. The molecular weight excluding hydrogens is 541 g/mol. The van der Waals surface area contributed by atoms with Crippen LogP contribution in [0.3, 0.4) is 0 Å². The molecule has 0 fully saturated rings. The molecule has 0 amide bonds. The standard InChI is InChI=1S/C40H26N2S/c1-3-11-28(12-4-1)41(30-20-23-32-27(25-30)19-22-35-34-16-8-10-18-39(34)43-40(32)35)31-21-24-38-36(26-31)33-15-7-9-17-37(33)42(38)29-13-5-2-6-14-29/h1-26H. The molecule has 0 spiro atoms. The van der Waals surface area contributed by atoms with Crippen molar-refractivity contribution in [3.63, 3.8) is 0 Å². The molecule has 0 N–H and O–H groups in total. The lowest BCUT2D eigenvalue weighted by Gasteiger charge is -2.26. The molecule has 2 heterocycles. The fourth-order valence-corrected chi connectivity index (χ4v) is 7.86. The van der Waals surface area contributed by atoms with Gasteiger partial charge in [-0.3, -0.25) is 0 Å². The highest BCUT2D eigenvalue weighted by Crippen LogP contribution is 2.43. The molecule has 7 aromatic carbocycles. The highest BCUT2D eigenvalue weighted by molar-refractivity contribution is 7.26. The number of benzene rings is 7. The fourth-order valence-electron chi connectivity index (χ4n) is 6.62. The van der Waals surface area contributed by atoms with E-state index in [1.54, 1.807) is 0 Å². The Hall–Kier alpha value is -5.38. The van der Waals surface area contributed by atoms with Gasteiger partial charge >= 0.3 is 0 Å². The topological polar surface area (TPSA) is 8.17 Å². The smallest absolute Gasteiger partial charge is 0.0542 e. The number of fused-ring (bicyclic) bond motifs is 8. The van der Waals surface area contributed by atoms with E-state index in [2.05, 4.69) is 167 Å². The Morgan fingerprint density at radius 2 is 1.07 bits per heavy atom. The van der Waals surface area contributed by atoms with Crippen LogP contribution in [-0.4, -0.2) is 4.57 Å². The summed E-state index contributed by atoms with van der Waals surface area (Å²) in [5, 5.41) is 7.71. The van der Waals surface area contributed by atoms with Crippen molar-refractivity contribution in [1.29, 1.82) is 0 Å². The zero-order valence-electron chi connectivity index (χ0n) is 23.3. The van der Waals surface area contributed by atoms with Crippen LogP contribution in [0.25, 0.3) is 58.4 Å². The highest BCUT2D eigenvalue weighted by atomic mass is 32.1. The average Bonchev–Trinajstić information content (AvgIpc) is 3.62. The SMILES string of the molecule is c1ccc(N(c2ccc3c(ccc4c5ccccc5sc34)c2)c2ccc3c(c2)c2ccccc2n3-c2ccccc2)cc1. The highest BCUT2D eigenvalue weighted by Gasteiger charge is 2.18. The van der Waals surface area contributed by atoms with Gasteiger partial charge in [-0.2, -0.15) is 0 Å². The van der Waals surface area contributed by atoms with E-state index in [1.807, 2.05) is 11.3 Å². The van der Waals surface area contributed by atoms with E-state index >= 15 is 0 Å². The van der Waals surface area contributed by atoms with E-state index in [1.165, 1.54) is 58.4 Å². The summed E-state index contributed by atoms with van der Waals surface area (Å²) in [5.74, 6) is 0. The number of aromatic nitrogens is 1. The number of nitrogens with zero attached hydrogens (tertiary/aromatic N) is 2. The monoisotopic (exact) mass is 566 g/mol. The first-order chi connectivity index (χ1) is 21.3. The van der Waals surface area contributed by atoms with Gasteiger partial charge in [-0.1, -0.05) is 91.0 Å². The zero-order chi connectivity index (χ0) is 28.3. The summed E-state index contributed by atoms with van der Waals surface area (Å²) in [6, 6.07) is 57.1. The first kappa shape index (κ1) is 24.2. The van der Waals surface area contributed by atoms with Crippen molar-refractivity contribution in [2.75, 3.05) is 4.90 Å². The summed E-state index contributed by atoms with van der Waals surface area (Å²) in [7, 11) is 0. The van der Waals surface area contributed by atoms with Gasteiger partial charge in [0, 0.05) is 53.7 Å². The maximum Gasteiger partial charge on any atom is 0.0542 e. The van der Waals surface area contributed by atoms with Crippen LogP contribution in [0.5, 0.6) is 0 Å². The molecule has 0 aliphatic heterocycles. The van der Waals surface area contributed by atoms with Gasteiger partial charge < -0.3 is 9.47 Å². The predicted molar refractivity (Wildman–Crippen MR) is 186 cm³/mol. The quantitative estimate of drug-likeness (QED) is 0.206. The van der Waals surface area contributed by atoms with Gasteiger partial charge in [-0.25, -0.2) is 0 Å². The molecular formula is C40H26N2S. The van der Waals surface area contributed by atoms with Crippen molar-refractivity contribution in [3.8, 4) is 5.69 Å². The second-order valence-electron chi connectivity index (χ2n) is 11.0. The van der Waals surface area contributed by atoms with Crippen LogP contribution in [0.15, 0.2) is 158 Å². The molecule has 0 unspecified atom stereocenters. The van der Waals surface area contributed by atoms with Gasteiger partial charge in [0.15, 0.2) is 0 Å². The second-order valence-corrected chi connectivity index (χ2v) is 12.1. The molecule has 0 aliphatic carbocycles. The molecule has 0 saturated carbocycles. The number of rotatable bonds is 4. The minimum atomic E-state index is 1.14. The number of anilines is 3. The largest absolute Gasteiger partial charge is 0.310 e. The molecule has 2 aromatic heterocycles. The van der Waals surface area contributed by atoms with E-state index in [-0.39, 0.29) is 0 Å². The molecule has 202 valence electrons.